The number of ketones is 2. The zero-order chi connectivity index (χ0) is 64.0. The fraction of sp³-hybridized carbons (Fsp3) is 0.562. The van der Waals surface area contributed by atoms with Crippen molar-refractivity contribution in [3.05, 3.63) is 107 Å². The number of cyclic esters (lactones) is 4. The number of esters is 4. The van der Waals surface area contributed by atoms with Crippen LogP contribution in [0.15, 0.2) is 73.3 Å². The molecule has 0 saturated carbocycles. The predicted octanol–water partition coefficient (Wildman–Crippen LogP) is 6.56. The first-order valence-electron chi connectivity index (χ1n) is 29.5. The van der Waals surface area contributed by atoms with Gasteiger partial charge in [0.1, 0.15) is 24.2 Å². The van der Waals surface area contributed by atoms with Gasteiger partial charge in [-0.15, -0.1) is 0 Å². The second-order valence-corrected chi connectivity index (χ2v) is 24.4. The third-order valence-electron chi connectivity index (χ3n) is 15.1. The van der Waals surface area contributed by atoms with Crippen molar-refractivity contribution < 1.29 is 66.9 Å². The maximum atomic E-state index is 15.1. The minimum Gasteiger partial charge on any atom is -0.451 e. The zero-order valence-corrected chi connectivity index (χ0v) is 52.8. The Balaban J connectivity index is 1.60. The van der Waals surface area contributed by atoms with E-state index in [1.165, 1.54) is 68.3 Å². The van der Waals surface area contributed by atoms with Crippen LogP contribution in [0.3, 0.4) is 0 Å². The summed E-state index contributed by atoms with van der Waals surface area (Å²) in [6, 6.07) is 8.88. The number of Topliss-reactive ketones (excluding diaryl/α,β-unsaturated/α-hetero) is 2. The van der Waals surface area contributed by atoms with E-state index in [1.54, 1.807) is 64.2 Å². The molecule has 0 aliphatic carbocycles. The van der Waals surface area contributed by atoms with E-state index >= 15 is 9.59 Å². The Labute approximate surface area is 505 Å². The van der Waals surface area contributed by atoms with E-state index in [1.807, 2.05) is 61.5 Å². The van der Waals surface area contributed by atoms with Gasteiger partial charge in [-0.1, -0.05) is 104 Å². The molecule has 4 amide bonds. The largest absolute Gasteiger partial charge is 0.451 e. The van der Waals surface area contributed by atoms with Crippen molar-refractivity contribution in [2.75, 3.05) is 28.2 Å². The molecule has 2 aromatic heterocycles. The van der Waals surface area contributed by atoms with Crippen LogP contribution < -0.4 is 0 Å². The number of rotatable bonds is 18. The average molecular weight is 1190 g/mol. The molecule has 0 N–H and O–H groups in total. The Morgan fingerprint density at radius 1 is 0.442 bits per heavy atom. The van der Waals surface area contributed by atoms with E-state index in [-0.39, 0.29) is 80.3 Å². The zero-order valence-electron chi connectivity index (χ0n) is 52.8. The van der Waals surface area contributed by atoms with Crippen molar-refractivity contribution in [1.82, 2.24) is 39.2 Å². The molecule has 4 aromatic rings. The molecule has 1 aliphatic rings. The fourth-order valence-electron chi connectivity index (χ4n) is 10.2. The molecule has 1 aliphatic heterocycles. The SMILES string of the molecule is CC(=O)c1cnn(Cc2ccc(C[C@H]3OC(=O)[C@H](CC(C)C)N(C)C(=O)[C@@H](C)OC(=O)[C@H](CC(C)C)N(C)C(=O)[C@@H](Cc4cccc(Cn5cc(C(C)=O)cn5)c4)OC(=O)[C@H](CC(C)C)N(C)C(=O)[C@@H](C)OC(=O)[C@H](CC(C)C)N(C)C3=O)cc2)c1. The van der Waals surface area contributed by atoms with Crippen molar-refractivity contribution in [1.29, 1.82) is 0 Å². The lowest BCUT2D eigenvalue weighted by Crippen LogP contribution is -2.55. The van der Waals surface area contributed by atoms with Crippen LogP contribution in [-0.2, 0) is 83.2 Å². The Morgan fingerprint density at radius 3 is 1.10 bits per heavy atom. The van der Waals surface area contributed by atoms with Crippen LogP contribution in [0.2, 0.25) is 0 Å². The van der Waals surface area contributed by atoms with Gasteiger partial charge in [-0.05, 0) is 99.3 Å². The summed E-state index contributed by atoms with van der Waals surface area (Å²) in [7, 11) is 5.47. The van der Waals surface area contributed by atoms with Gasteiger partial charge in [0.05, 0.1) is 36.6 Å². The number of aromatic nitrogens is 4. The van der Waals surface area contributed by atoms with E-state index in [0.717, 1.165) is 30.7 Å². The molecule has 2 aromatic carbocycles. The summed E-state index contributed by atoms with van der Waals surface area (Å²) < 4.78 is 27.4. The molecule has 8 atom stereocenters. The van der Waals surface area contributed by atoms with Gasteiger partial charge in [-0.3, -0.25) is 38.1 Å². The normalized spacial score (nSPS) is 22.4. The number of carbonyl (C=O) groups is 10. The Bertz CT molecular complexity index is 3040. The van der Waals surface area contributed by atoms with Crippen LogP contribution >= 0.6 is 0 Å². The number of likely N-dealkylation sites (N-methyl/N-ethyl adjacent to an activating group) is 4. The summed E-state index contributed by atoms with van der Waals surface area (Å²) in [4.78, 5) is 146. The average Bonchev–Trinajstić information content (AvgIpc) is 3.57. The molecule has 0 unspecified atom stereocenters. The lowest BCUT2D eigenvalue weighted by atomic mass is 9.99. The molecule has 22 nitrogen and oxygen atoms in total. The van der Waals surface area contributed by atoms with E-state index in [9.17, 15) is 38.4 Å². The number of ether oxygens (including phenoxy) is 4. The topological polar surface area (TPSA) is 256 Å². The van der Waals surface area contributed by atoms with Crippen molar-refractivity contribution in [3.63, 3.8) is 0 Å². The van der Waals surface area contributed by atoms with Crippen molar-refractivity contribution >= 4 is 59.1 Å². The maximum Gasteiger partial charge on any atom is 0.329 e. The van der Waals surface area contributed by atoms with Crippen LogP contribution in [0.4, 0.5) is 0 Å². The van der Waals surface area contributed by atoms with Gasteiger partial charge in [-0.25, -0.2) is 19.2 Å². The second kappa shape index (κ2) is 30.9. The summed E-state index contributed by atoms with van der Waals surface area (Å²) in [5, 5.41) is 8.58. The molecule has 1 saturated heterocycles. The van der Waals surface area contributed by atoms with Gasteiger partial charge in [0, 0.05) is 53.4 Å². The van der Waals surface area contributed by atoms with Crippen LogP contribution in [-0.4, -0.2) is 175 Å². The van der Waals surface area contributed by atoms with Crippen LogP contribution in [0.5, 0.6) is 0 Å². The summed E-state index contributed by atoms with van der Waals surface area (Å²) in [6.45, 7) is 20.8. The number of hydrogen-bond acceptors (Lipinski definition) is 16. The highest BCUT2D eigenvalue weighted by atomic mass is 16.6. The van der Waals surface area contributed by atoms with E-state index < -0.39 is 96.1 Å². The molecular weight excluding hydrogens is 1100 g/mol. The summed E-state index contributed by atoms with van der Waals surface area (Å²) in [6.07, 6.45) is -0.244. The number of amides is 4. The molecule has 0 radical (unpaired) electrons. The molecule has 0 spiro atoms. The van der Waals surface area contributed by atoms with Crippen LogP contribution in [0, 0.1) is 23.7 Å². The highest BCUT2D eigenvalue weighted by molar-refractivity contribution is 5.95. The van der Waals surface area contributed by atoms with Gasteiger partial charge in [0.25, 0.3) is 23.6 Å². The van der Waals surface area contributed by atoms with Gasteiger partial charge in [-0.2, -0.15) is 10.2 Å². The Kier molecular flexibility index (Phi) is 24.7. The highest BCUT2D eigenvalue weighted by Crippen LogP contribution is 2.25. The quantitative estimate of drug-likeness (QED) is 0.0581. The molecule has 3 heterocycles. The van der Waals surface area contributed by atoms with Gasteiger partial charge in [0.2, 0.25) is 0 Å². The summed E-state index contributed by atoms with van der Waals surface area (Å²) in [5.74, 6) is -8.16. The first kappa shape index (κ1) is 68.7. The standard InChI is InChI=1S/C64H88N8O14/c1-37(2)24-51-61(79)83-44(12)58(76)68(14)54(27-40(7)8)64(82)86-56(30-47-18-17-19-48(28-47)34-72-36-50(32-66-72)42(10)74)60(78)70(16)52(25-38(3)4)62(80)84-43(11)57(75)67(13)53(26-39(5)6)63(81)85-55(59(77)69(51)15)29-45-20-22-46(23-21-45)33-71-35-49(31-65-71)41(9)73/h17-23,28,31-32,35-40,43-44,51-56H,24-27,29-30,33-34H2,1-16H3/t43-,44-,51+,52+,53+,54+,55-,56-/m1/s1. The number of hydrogen-bond donors (Lipinski definition) is 0. The number of carbonyl (C=O) groups excluding carboxylic acids is 10. The fourth-order valence-corrected chi connectivity index (χ4v) is 10.2. The molecule has 0 bridgehead atoms. The van der Waals surface area contributed by atoms with E-state index in [2.05, 4.69) is 10.2 Å². The summed E-state index contributed by atoms with van der Waals surface area (Å²) >= 11 is 0. The Morgan fingerprint density at radius 2 is 0.756 bits per heavy atom. The lowest BCUT2D eigenvalue weighted by Gasteiger charge is -2.35. The number of benzene rings is 2. The second-order valence-electron chi connectivity index (χ2n) is 24.4. The first-order valence-corrected chi connectivity index (χ1v) is 29.5. The van der Waals surface area contributed by atoms with Crippen molar-refractivity contribution in [3.8, 4) is 0 Å². The van der Waals surface area contributed by atoms with Gasteiger partial charge >= 0.3 is 23.9 Å². The van der Waals surface area contributed by atoms with Crippen LogP contribution in [0.25, 0.3) is 0 Å². The Hall–Kier alpha value is -8.04. The lowest BCUT2D eigenvalue weighted by molar-refractivity contribution is -0.176. The predicted molar refractivity (Wildman–Crippen MR) is 318 cm³/mol. The summed E-state index contributed by atoms with van der Waals surface area (Å²) in [5.41, 5.74) is 3.53. The van der Waals surface area contributed by atoms with Crippen molar-refractivity contribution in [2.45, 2.75) is 183 Å². The molecule has 86 heavy (non-hydrogen) atoms. The minimum absolute atomic E-state index is 0.0448. The highest BCUT2D eigenvalue weighted by Gasteiger charge is 2.43. The smallest absolute Gasteiger partial charge is 0.329 e. The van der Waals surface area contributed by atoms with E-state index in [4.69, 9.17) is 18.9 Å². The molecule has 1 fully saturated rings. The maximum absolute atomic E-state index is 15.1. The third-order valence-corrected chi connectivity index (χ3v) is 15.1. The van der Waals surface area contributed by atoms with Gasteiger partial charge in [0.15, 0.2) is 36.0 Å². The molecule has 5 rings (SSSR count). The molecular formula is C64H88N8O14. The monoisotopic (exact) mass is 1190 g/mol. The number of nitrogens with zero attached hydrogens (tertiary/aromatic N) is 8. The first-order chi connectivity index (χ1) is 40.3. The molecule has 22 heteroatoms. The third kappa shape index (κ3) is 19.0. The van der Waals surface area contributed by atoms with Gasteiger partial charge < -0.3 is 38.5 Å². The molecule has 468 valence electrons. The van der Waals surface area contributed by atoms with Crippen molar-refractivity contribution in [2.24, 2.45) is 23.7 Å². The van der Waals surface area contributed by atoms with E-state index in [0.29, 0.717) is 28.8 Å². The van der Waals surface area contributed by atoms with Crippen LogP contribution in [0.1, 0.15) is 152 Å². The minimum atomic E-state index is -1.60.